The predicted octanol–water partition coefficient (Wildman–Crippen LogP) is 4.82. The van der Waals surface area contributed by atoms with Crippen molar-refractivity contribution in [3.63, 3.8) is 0 Å². The lowest BCUT2D eigenvalue weighted by Gasteiger charge is -2.49. The van der Waals surface area contributed by atoms with Crippen LogP contribution >= 0.6 is 11.3 Å². The third-order valence-electron chi connectivity index (χ3n) is 5.69. The van der Waals surface area contributed by atoms with E-state index in [0.717, 1.165) is 23.3 Å². The number of thiazole rings is 1. The van der Waals surface area contributed by atoms with Crippen LogP contribution in [-0.4, -0.2) is 11.1 Å². The predicted molar refractivity (Wildman–Crippen MR) is 83.7 cm³/mol. The first kappa shape index (κ1) is 14.3. The van der Waals surface area contributed by atoms with E-state index in [4.69, 9.17) is 4.74 Å². The summed E-state index contributed by atoms with van der Waals surface area (Å²) in [4.78, 5) is 4.30. The van der Waals surface area contributed by atoms with Gasteiger partial charge in [-0.05, 0) is 42.9 Å². The zero-order chi connectivity index (χ0) is 14.2. The van der Waals surface area contributed by atoms with Gasteiger partial charge < -0.3 is 4.74 Å². The van der Waals surface area contributed by atoms with E-state index in [0.29, 0.717) is 18.1 Å². The van der Waals surface area contributed by atoms with E-state index in [2.05, 4.69) is 31.8 Å². The van der Waals surface area contributed by atoms with Crippen LogP contribution in [0.5, 0.6) is 0 Å². The average molecular weight is 291 g/mol. The summed E-state index contributed by atoms with van der Waals surface area (Å²) >= 11 is 1.68. The fourth-order valence-electron chi connectivity index (χ4n) is 3.85. The summed E-state index contributed by atoms with van der Waals surface area (Å²) < 4.78 is 6.09. The molecule has 0 amide bonds. The Kier molecular flexibility index (Phi) is 4.00. The standard InChI is InChI=1S/C17H25NOS/c1-12-4-5-14-10-15(6-7-17(14,3)13(12)2)19-11-16-18-8-9-20-16/h5,8-9,12-13,15H,4,6-7,10-11H2,1-3H3/t12?,13?,15-,17+/m0/s1. The van der Waals surface area contributed by atoms with Crippen molar-refractivity contribution < 1.29 is 4.74 Å². The van der Waals surface area contributed by atoms with Gasteiger partial charge in [-0.1, -0.05) is 32.4 Å². The molecular formula is C17H25NOS. The zero-order valence-corrected chi connectivity index (χ0v) is 13.6. The molecule has 0 radical (unpaired) electrons. The highest BCUT2D eigenvalue weighted by molar-refractivity contribution is 7.09. The van der Waals surface area contributed by atoms with Gasteiger partial charge in [0.25, 0.3) is 0 Å². The molecule has 0 aliphatic heterocycles. The molecule has 0 bridgehead atoms. The summed E-state index contributed by atoms with van der Waals surface area (Å²) in [5, 5.41) is 3.11. The molecule has 110 valence electrons. The van der Waals surface area contributed by atoms with Crippen molar-refractivity contribution in [3.05, 3.63) is 28.2 Å². The Bertz CT molecular complexity index is 481. The van der Waals surface area contributed by atoms with Crippen LogP contribution in [0.25, 0.3) is 0 Å². The quantitative estimate of drug-likeness (QED) is 0.745. The summed E-state index contributed by atoms with van der Waals surface area (Å²) in [7, 11) is 0. The molecule has 3 heteroatoms. The van der Waals surface area contributed by atoms with E-state index in [1.165, 1.54) is 19.3 Å². The van der Waals surface area contributed by atoms with Crippen molar-refractivity contribution in [2.24, 2.45) is 17.3 Å². The Morgan fingerprint density at radius 2 is 2.30 bits per heavy atom. The van der Waals surface area contributed by atoms with Gasteiger partial charge in [0.05, 0.1) is 12.7 Å². The molecule has 1 fully saturated rings. The summed E-state index contributed by atoms with van der Waals surface area (Å²) in [6.45, 7) is 7.98. The first-order valence-corrected chi connectivity index (χ1v) is 8.67. The van der Waals surface area contributed by atoms with Crippen LogP contribution in [0.2, 0.25) is 0 Å². The number of aromatic nitrogens is 1. The largest absolute Gasteiger partial charge is 0.371 e. The molecule has 0 aromatic carbocycles. The first-order valence-electron chi connectivity index (χ1n) is 7.79. The third kappa shape index (κ3) is 2.58. The highest BCUT2D eigenvalue weighted by atomic mass is 32.1. The van der Waals surface area contributed by atoms with Gasteiger partial charge in [-0.25, -0.2) is 4.98 Å². The maximum atomic E-state index is 6.09. The minimum Gasteiger partial charge on any atom is -0.371 e. The van der Waals surface area contributed by atoms with Crippen molar-refractivity contribution >= 4 is 11.3 Å². The Morgan fingerprint density at radius 1 is 1.45 bits per heavy atom. The Balaban J connectivity index is 1.63. The molecule has 3 rings (SSSR count). The van der Waals surface area contributed by atoms with E-state index in [1.54, 1.807) is 16.9 Å². The van der Waals surface area contributed by atoms with E-state index < -0.39 is 0 Å². The van der Waals surface area contributed by atoms with Crippen LogP contribution in [0.1, 0.15) is 51.5 Å². The SMILES string of the molecule is CC1CC=C2C[C@@H](OCc3nccs3)CC[C@]2(C)C1C. The number of allylic oxidation sites excluding steroid dienone is 1. The normalized spacial score (nSPS) is 37.4. The molecule has 0 spiro atoms. The molecule has 1 aromatic rings. The van der Waals surface area contributed by atoms with Gasteiger partial charge in [-0.2, -0.15) is 0 Å². The molecule has 2 unspecified atom stereocenters. The van der Waals surface area contributed by atoms with Gasteiger partial charge in [0.15, 0.2) is 0 Å². The van der Waals surface area contributed by atoms with Gasteiger partial charge >= 0.3 is 0 Å². The Labute approximate surface area is 126 Å². The van der Waals surface area contributed by atoms with Crippen molar-refractivity contribution in [2.75, 3.05) is 0 Å². The second-order valence-electron chi connectivity index (χ2n) is 6.75. The number of fused-ring (bicyclic) bond motifs is 1. The molecule has 1 aromatic heterocycles. The van der Waals surface area contributed by atoms with Gasteiger partial charge in [-0.3, -0.25) is 0 Å². The number of hydrogen-bond acceptors (Lipinski definition) is 3. The van der Waals surface area contributed by atoms with E-state index >= 15 is 0 Å². The molecule has 1 heterocycles. The van der Waals surface area contributed by atoms with Crippen LogP contribution in [0.15, 0.2) is 23.2 Å². The van der Waals surface area contributed by atoms with E-state index in [-0.39, 0.29) is 0 Å². The van der Waals surface area contributed by atoms with Crippen molar-refractivity contribution in [1.29, 1.82) is 0 Å². The van der Waals surface area contributed by atoms with Crippen LogP contribution in [0, 0.1) is 17.3 Å². The third-order valence-corrected chi connectivity index (χ3v) is 6.44. The second-order valence-corrected chi connectivity index (χ2v) is 7.73. The molecule has 0 N–H and O–H groups in total. The lowest BCUT2D eigenvalue weighted by atomic mass is 9.57. The van der Waals surface area contributed by atoms with Gasteiger partial charge in [-0.15, -0.1) is 11.3 Å². The summed E-state index contributed by atoms with van der Waals surface area (Å²) in [6.07, 6.45) is 9.57. The monoisotopic (exact) mass is 291 g/mol. The molecule has 2 aliphatic carbocycles. The summed E-state index contributed by atoms with van der Waals surface area (Å²) in [5.41, 5.74) is 2.07. The van der Waals surface area contributed by atoms with Crippen molar-refractivity contribution in [1.82, 2.24) is 4.98 Å². The highest BCUT2D eigenvalue weighted by Crippen LogP contribution is 2.52. The van der Waals surface area contributed by atoms with Crippen LogP contribution < -0.4 is 0 Å². The molecular weight excluding hydrogens is 266 g/mol. The van der Waals surface area contributed by atoms with Gasteiger partial charge in [0, 0.05) is 11.6 Å². The summed E-state index contributed by atoms with van der Waals surface area (Å²) in [5.74, 6) is 1.61. The molecule has 4 atom stereocenters. The number of hydrogen-bond donors (Lipinski definition) is 0. The summed E-state index contributed by atoms with van der Waals surface area (Å²) in [6, 6.07) is 0. The van der Waals surface area contributed by atoms with Crippen LogP contribution in [-0.2, 0) is 11.3 Å². The number of nitrogens with zero attached hydrogens (tertiary/aromatic N) is 1. The van der Waals surface area contributed by atoms with Crippen LogP contribution in [0.4, 0.5) is 0 Å². The van der Waals surface area contributed by atoms with E-state index in [1.807, 2.05) is 11.6 Å². The molecule has 2 aliphatic rings. The fourth-order valence-corrected chi connectivity index (χ4v) is 4.39. The zero-order valence-electron chi connectivity index (χ0n) is 12.8. The highest BCUT2D eigenvalue weighted by Gasteiger charge is 2.43. The Morgan fingerprint density at radius 3 is 3.05 bits per heavy atom. The fraction of sp³-hybridized carbons (Fsp3) is 0.706. The average Bonchev–Trinajstić information content (AvgIpc) is 2.96. The lowest BCUT2D eigenvalue weighted by molar-refractivity contribution is -0.00442. The minimum atomic E-state index is 0.388. The smallest absolute Gasteiger partial charge is 0.118 e. The van der Waals surface area contributed by atoms with Gasteiger partial charge in [0.1, 0.15) is 5.01 Å². The van der Waals surface area contributed by atoms with Crippen molar-refractivity contribution in [3.8, 4) is 0 Å². The molecule has 2 nitrogen and oxygen atoms in total. The van der Waals surface area contributed by atoms with E-state index in [9.17, 15) is 0 Å². The van der Waals surface area contributed by atoms with Gasteiger partial charge in [0.2, 0.25) is 0 Å². The number of ether oxygens (including phenoxy) is 1. The molecule has 0 saturated heterocycles. The molecule has 1 saturated carbocycles. The lowest BCUT2D eigenvalue weighted by Crippen LogP contribution is -2.40. The van der Waals surface area contributed by atoms with Crippen LogP contribution in [0.3, 0.4) is 0 Å². The first-order chi connectivity index (χ1) is 9.59. The van der Waals surface area contributed by atoms with Crippen molar-refractivity contribution in [2.45, 2.75) is 59.2 Å². The maximum Gasteiger partial charge on any atom is 0.118 e. The molecule has 20 heavy (non-hydrogen) atoms. The second kappa shape index (κ2) is 5.61. The Hall–Kier alpha value is -0.670. The number of rotatable bonds is 3. The minimum absolute atomic E-state index is 0.388. The maximum absolute atomic E-state index is 6.09. The topological polar surface area (TPSA) is 22.1 Å².